The minimum absolute atomic E-state index is 0.703. The van der Waals surface area contributed by atoms with Crippen molar-refractivity contribution >= 4 is 0 Å². The lowest BCUT2D eigenvalue weighted by Crippen LogP contribution is -3.27. The van der Waals surface area contributed by atoms with Crippen LogP contribution in [0, 0.1) is 0 Å². The van der Waals surface area contributed by atoms with Crippen molar-refractivity contribution in [3.05, 3.63) is 47.8 Å². The summed E-state index contributed by atoms with van der Waals surface area (Å²) in [4.78, 5) is 7.31. The molecule has 1 aliphatic rings. The van der Waals surface area contributed by atoms with Gasteiger partial charge in [-0.3, -0.25) is 4.98 Å². The van der Waals surface area contributed by atoms with E-state index in [1.165, 1.54) is 18.7 Å². The molecule has 0 radical (unpaired) electrons. The van der Waals surface area contributed by atoms with E-state index in [1.54, 1.807) is 31.1 Å². The number of nitrogens with one attached hydrogen (secondary N) is 2. The molecule has 3 rings (SSSR count). The predicted molar refractivity (Wildman–Crippen MR) is 99.1 cm³/mol. The first-order valence-electron chi connectivity index (χ1n) is 9.08. The van der Waals surface area contributed by atoms with Crippen LogP contribution in [-0.2, 0) is 13.1 Å². The first-order valence-corrected chi connectivity index (χ1v) is 9.08. The molecular weight excluding hydrogens is 330 g/mol. The van der Waals surface area contributed by atoms with Gasteiger partial charge >= 0.3 is 0 Å². The molecule has 0 atom stereocenters. The average molecular weight is 359 g/mol. The molecule has 0 amide bonds. The number of aromatic nitrogens is 1. The highest BCUT2D eigenvalue weighted by Gasteiger charge is 2.25. The largest absolute Gasteiger partial charge is 0.496 e. The van der Waals surface area contributed by atoms with Crippen molar-refractivity contribution in [2.45, 2.75) is 13.1 Å². The molecule has 0 unspecified atom stereocenters. The van der Waals surface area contributed by atoms with Crippen molar-refractivity contribution < 1.29 is 24.0 Å². The van der Waals surface area contributed by atoms with Crippen molar-refractivity contribution in [3.63, 3.8) is 0 Å². The predicted octanol–water partition coefficient (Wildman–Crippen LogP) is -0.409. The Kier molecular flexibility index (Phi) is 6.30. The van der Waals surface area contributed by atoms with Crippen molar-refractivity contribution in [3.8, 4) is 17.2 Å². The Hall–Kier alpha value is -2.31. The van der Waals surface area contributed by atoms with E-state index in [9.17, 15) is 0 Å². The summed E-state index contributed by atoms with van der Waals surface area (Å²) in [6.07, 6.45) is 3.75. The molecule has 1 saturated heterocycles. The zero-order valence-electron chi connectivity index (χ0n) is 15.9. The third-order valence-corrected chi connectivity index (χ3v) is 5.09. The zero-order valence-corrected chi connectivity index (χ0v) is 15.9. The molecular formula is C20H29N3O3+2. The highest BCUT2D eigenvalue weighted by Crippen LogP contribution is 2.34. The van der Waals surface area contributed by atoms with Crippen molar-refractivity contribution in [1.82, 2.24) is 4.98 Å². The topological polar surface area (TPSA) is 49.5 Å². The van der Waals surface area contributed by atoms with Gasteiger partial charge in [0.1, 0.15) is 45.0 Å². The summed E-state index contributed by atoms with van der Waals surface area (Å²) in [5.74, 6) is 2.32. The Bertz CT molecular complexity index is 701. The fraction of sp³-hybridized carbons (Fsp3) is 0.450. The number of methoxy groups -OCH3 is 3. The summed E-state index contributed by atoms with van der Waals surface area (Å²) in [7, 11) is 5.02. The van der Waals surface area contributed by atoms with E-state index in [0.29, 0.717) is 5.75 Å². The minimum Gasteiger partial charge on any atom is -0.496 e. The van der Waals surface area contributed by atoms with Crippen LogP contribution in [0.5, 0.6) is 17.2 Å². The van der Waals surface area contributed by atoms with E-state index in [-0.39, 0.29) is 0 Å². The van der Waals surface area contributed by atoms with E-state index < -0.39 is 0 Å². The van der Waals surface area contributed by atoms with Gasteiger partial charge in [-0.1, -0.05) is 0 Å². The Morgan fingerprint density at radius 3 is 1.88 bits per heavy atom. The third kappa shape index (κ3) is 4.45. The van der Waals surface area contributed by atoms with Gasteiger partial charge in [0.2, 0.25) is 0 Å². The van der Waals surface area contributed by atoms with Crippen molar-refractivity contribution in [2.75, 3.05) is 47.5 Å². The second-order valence-corrected chi connectivity index (χ2v) is 6.73. The Labute approximate surface area is 155 Å². The van der Waals surface area contributed by atoms with E-state index in [2.05, 4.69) is 17.1 Å². The minimum atomic E-state index is 0.703. The fourth-order valence-electron chi connectivity index (χ4n) is 3.60. The number of pyridine rings is 1. The van der Waals surface area contributed by atoms with Crippen molar-refractivity contribution in [1.29, 1.82) is 0 Å². The highest BCUT2D eigenvalue weighted by atomic mass is 16.5. The van der Waals surface area contributed by atoms with Gasteiger partial charge in [0.15, 0.2) is 11.5 Å². The van der Waals surface area contributed by atoms with E-state index in [0.717, 1.165) is 43.2 Å². The lowest BCUT2D eigenvalue weighted by Gasteiger charge is -2.30. The fourth-order valence-corrected chi connectivity index (χ4v) is 3.60. The molecule has 1 aromatic heterocycles. The van der Waals surface area contributed by atoms with Crippen LogP contribution in [0.2, 0.25) is 0 Å². The monoisotopic (exact) mass is 359 g/mol. The normalized spacial score (nSPS) is 19.8. The van der Waals surface area contributed by atoms with Gasteiger partial charge in [0.05, 0.1) is 26.9 Å². The number of piperazine rings is 1. The van der Waals surface area contributed by atoms with Gasteiger partial charge < -0.3 is 24.0 Å². The Morgan fingerprint density at radius 1 is 0.769 bits per heavy atom. The van der Waals surface area contributed by atoms with Gasteiger partial charge in [0.25, 0.3) is 0 Å². The van der Waals surface area contributed by atoms with Crippen molar-refractivity contribution in [2.24, 2.45) is 0 Å². The maximum absolute atomic E-state index is 5.57. The second kappa shape index (κ2) is 8.87. The van der Waals surface area contributed by atoms with Crippen LogP contribution in [0.25, 0.3) is 0 Å². The molecule has 0 aliphatic carbocycles. The van der Waals surface area contributed by atoms with Crippen LogP contribution in [0.15, 0.2) is 36.7 Å². The summed E-state index contributed by atoms with van der Waals surface area (Å²) in [5, 5.41) is 0. The van der Waals surface area contributed by atoms with Crippen LogP contribution in [0.3, 0.4) is 0 Å². The first-order chi connectivity index (χ1) is 12.7. The van der Waals surface area contributed by atoms with Crippen LogP contribution in [0.1, 0.15) is 11.1 Å². The molecule has 1 aromatic carbocycles. The number of hydrogen-bond acceptors (Lipinski definition) is 4. The number of benzene rings is 1. The molecule has 1 fully saturated rings. The SMILES string of the molecule is COc1cc(OC)c(OC)cc1C[NH+]1CC[NH+](Cc2ccncc2)CC1. The van der Waals surface area contributed by atoms with E-state index >= 15 is 0 Å². The summed E-state index contributed by atoms with van der Waals surface area (Å²) >= 11 is 0. The summed E-state index contributed by atoms with van der Waals surface area (Å²) in [6.45, 7) is 6.66. The number of rotatable bonds is 7. The molecule has 2 N–H and O–H groups in total. The molecule has 2 heterocycles. The standard InChI is InChI=1S/C20H27N3O3/c1-24-18-13-20(26-3)19(25-2)12-17(18)15-23-10-8-22(9-11-23)14-16-4-6-21-7-5-16/h4-7,12-13H,8-11,14-15H2,1-3H3/p+2. The molecule has 2 aromatic rings. The molecule has 1 aliphatic heterocycles. The Balaban J connectivity index is 1.60. The number of nitrogens with zero attached hydrogens (tertiary/aromatic N) is 1. The quantitative estimate of drug-likeness (QED) is 0.706. The van der Waals surface area contributed by atoms with Gasteiger partial charge in [0, 0.05) is 24.0 Å². The molecule has 6 nitrogen and oxygen atoms in total. The number of hydrogen-bond donors (Lipinski definition) is 2. The van der Waals surface area contributed by atoms with Gasteiger partial charge in [-0.25, -0.2) is 0 Å². The lowest BCUT2D eigenvalue weighted by atomic mass is 10.1. The molecule has 0 spiro atoms. The van der Waals surface area contributed by atoms with E-state index in [1.807, 2.05) is 24.5 Å². The molecule has 140 valence electrons. The molecule has 26 heavy (non-hydrogen) atoms. The molecule has 0 saturated carbocycles. The maximum atomic E-state index is 5.57. The van der Waals surface area contributed by atoms with Crippen LogP contribution in [-0.4, -0.2) is 52.5 Å². The number of quaternary nitrogens is 2. The molecule has 6 heteroatoms. The zero-order chi connectivity index (χ0) is 18.4. The highest BCUT2D eigenvalue weighted by molar-refractivity contribution is 5.50. The number of ether oxygens (including phenoxy) is 3. The summed E-state index contributed by atoms with van der Waals surface area (Å²) in [6, 6.07) is 8.18. The van der Waals surface area contributed by atoms with E-state index in [4.69, 9.17) is 14.2 Å². The van der Waals surface area contributed by atoms with Crippen LogP contribution >= 0.6 is 0 Å². The molecule has 0 bridgehead atoms. The summed E-state index contributed by atoms with van der Waals surface area (Å²) in [5.41, 5.74) is 2.53. The second-order valence-electron chi connectivity index (χ2n) is 6.73. The smallest absolute Gasteiger partial charge is 0.164 e. The Morgan fingerprint density at radius 2 is 1.31 bits per heavy atom. The van der Waals surface area contributed by atoms with Gasteiger partial charge in [-0.05, 0) is 18.2 Å². The lowest BCUT2D eigenvalue weighted by molar-refractivity contribution is -1.02. The summed E-state index contributed by atoms with van der Waals surface area (Å²) < 4.78 is 16.4. The van der Waals surface area contributed by atoms with Crippen LogP contribution < -0.4 is 24.0 Å². The maximum Gasteiger partial charge on any atom is 0.164 e. The average Bonchev–Trinajstić information content (AvgIpc) is 2.70. The first kappa shape index (κ1) is 18.5. The van der Waals surface area contributed by atoms with Gasteiger partial charge in [-0.15, -0.1) is 0 Å². The van der Waals surface area contributed by atoms with Gasteiger partial charge in [-0.2, -0.15) is 0 Å². The van der Waals surface area contributed by atoms with Crippen LogP contribution in [0.4, 0.5) is 0 Å². The third-order valence-electron chi connectivity index (χ3n) is 5.09.